The van der Waals surface area contributed by atoms with Crippen LogP contribution in [0.3, 0.4) is 0 Å². The van der Waals surface area contributed by atoms with E-state index in [1.807, 2.05) is 19.9 Å². The molecule has 3 aliphatic heterocycles. The largest absolute Gasteiger partial charge is 0.389 e. The van der Waals surface area contributed by atoms with E-state index in [0.29, 0.717) is 24.0 Å². The van der Waals surface area contributed by atoms with Gasteiger partial charge < -0.3 is 20.6 Å². The van der Waals surface area contributed by atoms with E-state index in [-0.39, 0.29) is 11.9 Å². The van der Waals surface area contributed by atoms with Crippen LogP contribution in [-0.4, -0.2) is 52.2 Å². The second kappa shape index (κ2) is 11.0. The average molecular weight is 547 g/mol. The molecule has 0 radical (unpaired) electrons. The number of nitrogens with one attached hydrogen (secondary N) is 2. The van der Waals surface area contributed by atoms with Crippen LogP contribution in [-0.2, 0) is 13.0 Å². The van der Waals surface area contributed by atoms with Crippen molar-refractivity contribution in [1.82, 2.24) is 15.2 Å². The van der Waals surface area contributed by atoms with Gasteiger partial charge in [-0.15, -0.1) is 0 Å². The highest BCUT2D eigenvalue weighted by Crippen LogP contribution is 2.41. The van der Waals surface area contributed by atoms with Gasteiger partial charge in [-0.25, -0.2) is 14.4 Å². The first-order chi connectivity index (χ1) is 18.9. The number of fused-ring (bicyclic) bond motifs is 2. The first-order valence-electron chi connectivity index (χ1n) is 14.4. The number of anilines is 2. The zero-order chi connectivity index (χ0) is 28.8. The number of halogens is 1. The number of pyridine rings is 1. The van der Waals surface area contributed by atoms with Crippen LogP contribution >= 0.6 is 0 Å². The molecule has 2 unspecified atom stereocenters. The molecule has 40 heavy (non-hydrogen) atoms. The normalized spacial score (nSPS) is 21.6. The number of benzene rings is 1. The predicted octanol–water partition coefficient (Wildman–Crippen LogP) is 5.85. The van der Waals surface area contributed by atoms with Gasteiger partial charge in [-0.2, -0.15) is 0 Å². The van der Waals surface area contributed by atoms with Crippen LogP contribution in [0.2, 0.25) is 0 Å². The highest BCUT2D eigenvalue weighted by molar-refractivity contribution is 5.90. The van der Waals surface area contributed by atoms with Crippen LogP contribution in [0.4, 0.5) is 15.9 Å². The molecule has 4 heterocycles. The Kier molecular flexibility index (Phi) is 7.77. The van der Waals surface area contributed by atoms with Crippen molar-refractivity contribution < 1.29 is 9.50 Å². The lowest BCUT2D eigenvalue weighted by atomic mass is 9.90. The SMILES string of the molecule is CC1=CCC(C)c2c(C)cc(C3=C(F)C=NC(Nc4ccc5c(n4)CCN(CC(C)(C)O)C5)N3)cc2N1C(C)C. The highest BCUT2D eigenvalue weighted by Gasteiger charge is 2.28. The van der Waals surface area contributed by atoms with Crippen LogP contribution in [0.25, 0.3) is 5.70 Å². The highest BCUT2D eigenvalue weighted by atomic mass is 19.1. The van der Waals surface area contributed by atoms with Gasteiger partial charge in [-0.05, 0) is 88.8 Å². The van der Waals surface area contributed by atoms with Gasteiger partial charge in [0.25, 0.3) is 0 Å². The van der Waals surface area contributed by atoms with Crippen molar-refractivity contribution in [1.29, 1.82) is 0 Å². The third kappa shape index (κ3) is 5.93. The molecule has 0 saturated carbocycles. The summed E-state index contributed by atoms with van der Waals surface area (Å²) in [6.45, 7) is 16.9. The standard InChI is InChI=1S/C32H43FN6O/c1-19(2)39-22(5)9-8-20(3)29-21(4)14-24(15-27(29)39)30-25(33)16-34-31(37-30)36-28-11-10-23-17-38(18-32(6,7)40)13-12-26(23)35-28/h9-11,14-16,19-20,31,37,40H,8,12-13,17-18H2,1-7H3,(H,35,36). The molecule has 2 aromatic rings. The zero-order valence-electron chi connectivity index (χ0n) is 24.8. The van der Waals surface area contributed by atoms with Gasteiger partial charge in [0.1, 0.15) is 5.82 Å². The van der Waals surface area contributed by atoms with E-state index in [1.54, 1.807) is 0 Å². The Balaban J connectivity index is 1.37. The lowest BCUT2D eigenvalue weighted by Gasteiger charge is -2.33. The molecular weight excluding hydrogens is 503 g/mol. The van der Waals surface area contributed by atoms with Gasteiger partial charge >= 0.3 is 0 Å². The molecule has 7 nitrogen and oxygen atoms in total. The Morgan fingerprint density at radius 3 is 2.73 bits per heavy atom. The lowest BCUT2D eigenvalue weighted by Crippen LogP contribution is -2.41. The van der Waals surface area contributed by atoms with E-state index in [9.17, 15) is 5.11 Å². The number of aryl methyl sites for hydroxylation is 1. The Morgan fingerprint density at radius 2 is 2.00 bits per heavy atom. The molecule has 2 atom stereocenters. The van der Waals surface area contributed by atoms with Crippen molar-refractivity contribution in [3.63, 3.8) is 0 Å². The van der Waals surface area contributed by atoms with Gasteiger partial charge in [0.05, 0.1) is 17.5 Å². The Hall–Kier alpha value is -3.23. The summed E-state index contributed by atoms with van der Waals surface area (Å²) in [6.07, 6.45) is 4.87. The predicted molar refractivity (Wildman–Crippen MR) is 162 cm³/mol. The summed E-state index contributed by atoms with van der Waals surface area (Å²) < 4.78 is 15.3. The zero-order valence-corrected chi connectivity index (χ0v) is 24.8. The van der Waals surface area contributed by atoms with E-state index >= 15 is 4.39 Å². The summed E-state index contributed by atoms with van der Waals surface area (Å²) in [7, 11) is 0. The molecule has 3 aliphatic rings. The molecule has 0 aliphatic carbocycles. The van der Waals surface area contributed by atoms with Crippen molar-refractivity contribution in [2.45, 2.75) is 91.7 Å². The van der Waals surface area contributed by atoms with E-state index in [2.05, 4.69) is 84.3 Å². The fourth-order valence-electron chi connectivity index (χ4n) is 6.32. The van der Waals surface area contributed by atoms with Crippen LogP contribution in [0.1, 0.15) is 81.8 Å². The summed E-state index contributed by atoms with van der Waals surface area (Å²) in [5, 5.41) is 16.8. The van der Waals surface area contributed by atoms with Crippen molar-refractivity contribution in [2.75, 3.05) is 23.3 Å². The number of β-amino-alcohol motifs (C(OH)–C–C–N with tert-alkyl or cyclic N) is 1. The number of aliphatic imine (C=N–C) groups is 1. The molecule has 214 valence electrons. The molecule has 0 amide bonds. The molecule has 0 spiro atoms. The number of nitrogens with zero attached hydrogens (tertiary/aromatic N) is 4. The minimum absolute atomic E-state index is 0.279. The number of hydrogen-bond acceptors (Lipinski definition) is 7. The molecule has 1 aromatic heterocycles. The number of rotatable bonds is 6. The molecule has 8 heteroatoms. The minimum Gasteiger partial charge on any atom is -0.389 e. The number of aliphatic hydroxyl groups is 1. The van der Waals surface area contributed by atoms with Crippen LogP contribution in [0.15, 0.2) is 46.9 Å². The van der Waals surface area contributed by atoms with E-state index in [4.69, 9.17) is 4.98 Å². The summed E-state index contributed by atoms with van der Waals surface area (Å²) in [6, 6.07) is 8.51. The molecule has 0 bridgehead atoms. The van der Waals surface area contributed by atoms with Gasteiger partial charge in [-0.3, -0.25) is 4.90 Å². The monoisotopic (exact) mass is 546 g/mol. The van der Waals surface area contributed by atoms with Crippen molar-refractivity contribution in [3.8, 4) is 0 Å². The van der Waals surface area contributed by atoms with Gasteiger partial charge in [0, 0.05) is 54.7 Å². The summed E-state index contributed by atoms with van der Waals surface area (Å²) >= 11 is 0. The van der Waals surface area contributed by atoms with Crippen LogP contribution in [0.5, 0.6) is 0 Å². The molecule has 5 rings (SSSR count). The summed E-state index contributed by atoms with van der Waals surface area (Å²) in [5.74, 6) is 0.701. The lowest BCUT2D eigenvalue weighted by molar-refractivity contribution is 0.0315. The molecule has 1 aromatic carbocycles. The van der Waals surface area contributed by atoms with E-state index < -0.39 is 11.9 Å². The third-order valence-corrected chi connectivity index (χ3v) is 7.95. The fourth-order valence-corrected chi connectivity index (χ4v) is 6.32. The van der Waals surface area contributed by atoms with Gasteiger partial charge in [0.2, 0.25) is 0 Å². The average Bonchev–Trinajstić information content (AvgIpc) is 3.00. The number of aromatic nitrogens is 1. The van der Waals surface area contributed by atoms with Crippen LogP contribution < -0.4 is 15.5 Å². The minimum atomic E-state index is -0.728. The summed E-state index contributed by atoms with van der Waals surface area (Å²) in [4.78, 5) is 13.8. The topological polar surface area (TPSA) is 76.0 Å². The fraction of sp³-hybridized carbons (Fsp3) is 0.500. The molecule has 0 fully saturated rings. The van der Waals surface area contributed by atoms with Crippen LogP contribution in [0, 0.1) is 6.92 Å². The van der Waals surface area contributed by atoms with Crippen molar-refractivity contribution in [3.05, 3.63) is 69.8 Å². The van der Waals surface area contributed by atoms with Crippen molar-refractivity contribution >= 4 is 23.4 Å². The summed E-state index contributed by atoms with van der Waals surface area (Å²) in [5.41, 5.74) is 7.59. The van der Waals surface area contributed by atoms with E-state index in [0.717, 1.165) is 48.4 Å². The van der Waals surface area contributed by atoms with Gasteiger partial charge in [0.15, 0.2) is 12.1 Å². The maximum atomic E-state index is 15.3. The molecule has 0 saturated heterocycles. The Labute approximate surface area is 237 Å². The number of allylic oxidation sites excluding steroid dienone is 3. The third-order valence-electron chi connectivity index (χ3n) is 7.95. The maximum absolute atomic E-state index is 15.3. The molecule has 3 N–H and O–H groups in total. The Bertz CT molecular complexity index is 1370. The molecular formula is C32H43FN6O. The number of hydrogen-bond donors (Lipinski definition) is 3. The van der Waals surface area contributed by atoms with Gasteiger partial charge in [-0.1, -0.05) is 19.1 Å². The first kappa shape index (κ1) is 28.3. The quantitative estimate of drug-likeness (QED) is 0.422. The van der Waals surface area contributed by atoms with Crippen molar-refractivity contribution in [2.24, 2.45) is 4.99 Å². The smallest absolute Gasteiger partial charge is 0.195 e. The second-order valence-corrected chi connectivity index (χ2v) is 12.4. The van der Waals surface area contributed by atoms with E-state index in [1.165, 1.54) is 23.0 Å². The first-order valence-corrected chi connectivity index (χ1v) is 14.4. The Morgan fingerprint density at radius 1 is 1.23 bits per heavy atom. The second-order valence-electron chi connectivity index (χ2n) is 12.4. The maximum Gasteiger partial charge on any atom is 0.195 e.